The van der Waals surface area contributed by atoms with E-state index >= 15 is 0 Å². The van der Waals surface area contributed by atoms with Gasteiger partial charge in [-0.1, -0.05) is 42.5 Å². The molecule has 6 heteroatoms. The van der Waals surface area contributed by atoms with E-state index < -0.39 is 6.09 Å². The van der Waals surface area contributed by atoms with Gasteiger partial charge in [0.1, 0.15) is 0 Å². The summed E-state index contributed by atoms with van der Waals surface area (Å²) in [5.41, 5.74) is 11.7. The maximum atomic E-state index is 11.3. The van der Waals surface area contributed by atoms with Crippen LogP contribution in [0.1, 0.15) is 23.0 Å². The van der Waals surface area contributed by atoms with Crippen molar-refractivity contribution in [2.45, 2.75) is 19.4 Å². The van der Waals surface area contributed by atoms with E-state index in [2.05, 4.69) is 20.3 Å². The zero-order valence-electron chi connectivity index (χ0n) is 15.3. The van der Waals surface area contributed by atoms with Crippen LogP contribution in [-0.2, 0) is 11.2 Å². The van der Waals surface area contributed by atoms with E-state index in [9.17, 15) is 4.79 Å². The Balaban J connectivity index is 1.80. The third kappa shape index (κ3) is 4.68. The molecule has 0 spiro atoms. The Kier molecular flexibility index (Phi) is 5.78. The monoisotopic (exact) mass is 362 g/mol. The Morgan fingerprint density at radius 3 is 2.48 bits per heavy atom. The molecule has 0 fully saturated rings. The molecule has 3 rings (SSSR count). The molecule has 1 unspecified atom stereocenters. The lowest BCUT2D eigenvalue weighted by Gasteiger charge is -2.13. The fourth-order valence-electron chi connectivity index (χ4n) is 2.83. The lowest BCUT2D eigenvalue weighted by molar-refractivity contribution is 0.187. The minimum Gasteiger partial charge on any atom is -0.453 e. The highest BCUT2D eigenvalue weighted by Gasteiger charge is 2.11. The molecule has 1 aromatic heterocycles. The fourth-order valence-corrected chi connectivity index (χ4v) is 2.83. The average molecular weight is 362 g/mol. The Morgan fingerprint density at radius 2 is 1.81 bits per heavy atom. The van der Waals surface area contributed by atoms with E-state index in [-0.39, 0.29) is 6.04 Å². The number of hydrogen-bond donors (Lipinski definition) is 2. The summed E-state index contributed by atoms with van der Waals surface area (Å²) in [4.78, 5) is 11.3. The Bertz CT molecular complexity index is 911. The van der Waals surface area contributed by atoms with Crippen molar-refractivity contribution in [3.8, 4) is 11.1 Å². The molecular weight excluding hydrogens is 340 g/mol. The van der Waals surface area contributed by atoms with Crippen molar-refractivity contribution in [1.82, 2.24) is 10.2 Å². The summed E-state index contributed by atoms with van der Waals surface area (Å²) in [7, 11) is 1.33. The molecule has 3 N–H and O–H groups in total. The number of amides is 1. The molecule has 0 bridgehead atoms. The van der Waals surface area contributed by atoms with Crippen molar-refractivity contribution in [2.24, 2.45) is 5.73 Å². The summed E-state index contributed by atoms with van der Waals surface area (Å²) >= 11 is 0. The number of methoxy groups -OCH3 is 1. The largest absolute Gasteiger partial charge is 0.453 e. The number of ether oxygens (including phenoxy) is 1. The summed E-state index contributed by atoms with van der Waals surface area (Å²) in [5.74, 6) is 0. The highest BCUT2D eigenvalue weighted by atomic mass is 16.5. The predicted octanol–water partition coefficient (Wildman–Crippen LogP) is 3.87. The van der Waals surface area contributed by atoms with E-state index in [0.717, 1.165) is 28.1 Å². The van der Waals surface area contributed by atoms with Crippen LogP contribution in [-0.4, -0.2) is 23.4 Å². The maximum Gasteiger partial charge on any atom is 0.411 e. The van der Waals surface area contributed by atoms with Gasteiger partial charge in [0.15, 0.2) is 0 Å². The van der Waals surface area contributed by atoms with Gasteiger partial charge in [0.2, 0.25) is 0 Å². The lowest BCUT2D eigenvalue weighted by Crippen LogP contribution is -2.14. The Labute approximate surface area is 158 Å². The number of carbonyl (C=O) groups is 1. The third-order valence-electron chi connectivity index (χ3n) is 4.31. The van der Waals surface area contributed by atoms with Crippen LogP contribution in [0.2, 0.25) is 0 Å². The van der Waals surface area contributed by atoms with Crippen molar-refractivity contribution >= 4 is 11.8 Å². The molecule has 27 heavy (non-hydrogen) atoms. The van der Waals surface area contributed by atoms with Gasteiger partial charge in [-0.3, -0.25) is 5.32 Å². The molecule has 1 amide bonds. The van der Waals surface area contributed by atoms with Crippen LogP contribution >= 0.6 is 0 Å². The second-order valence-electron chi connectivity index (χ2n) is 6.25. The van der Waals surface area contributed by atoms with Crippen molar-refractivity contribution in [1.29, 1.82) is 0 Å². The minimum atomic E-state index is -0.498. The topological polar surface area (TPSA) is 90.1 Å². The number of aryl methyl sites for hydroxylation is 1. The number of anilines is 1. The van der Waals surface area contributed by atoms with Crippen molar-refractivity contribution in [2.75, 3.05) is 12.4 Å². The van der Waals surface area contributed by atoms with Crippen LogP contribution in [0.25, 0.3) is 11.1 Å². The van der Waals surface area contributed by atoms with Crippen LogP contribution in [0.15, 0.2) is 60.7 Å². The minimum absolute atomic E-state index is 0.136. The number of benzene rings is 2. The Hall–Kier alpha value is -3.25. The normalized spacial score (nSPS) is 11.7. The molecule has 0 radical (unpaired) electrons. The van der Waals surface area contributed by atoms with Gasteiger partial charge in [0.05, 0.1) is 18.5 Å². The number of aromatic nitrogens is 2. The summed E-state index contributed by atoms with van der Waals surface area (Å²) in [5, 5.41) is 11.2. The van der Waals surface area contributed by atoms with Gasteiger partial charge in [-0.05, 0) is 36.2 Å². The van der Waals surface area contributed by atoms with E-state index in [4.69, 9.17) is 5.73 Å². The van der Waals surface area contributed by atoms with Gasteiger partial charge in [0.25, 0.3) is 0 Å². The number of hydrogen-bond acceptors (Lipinski definition) is 5. The van der Waals surface area contributed by atoms with E-state index in [1.54, 1.807) is 0 Å². The average Bonchev–Trinajstić information content (AvgIpc) is 2.70. The smallest absolute Gasteiger partial charge is 0.411 e. The molecule has 138 valence electrons. The van der Waals surface area contributed by atoms with Gasteiger partial charge in [-0.15, -0.1) is 0 Å². The number of carbonyl (C=O) groups excluding carboxylic acids is 1. The molecular formula is C21H22N4O2. The summed E-state index contributed by atoms with van der Waals surface area (Å²) in [6.45, 7) is 1.92. The van der Waals surface area contributed by atoms with Gasteiger partial charge < -0.3 is 10.5 Å². The molecule has 2 aromatic carbocycles. The van der Waals surface area contributed by atoms with Crippen LogP contribution in [0.3, 0.4) is 0 Å². The van der Waals surface area contributed by atoms with Crippen molar-refractivity contribution in [3.63, 3.8) is 0 Å². The molecule has 0 aliphatic heterocycles. The molecule has 3 aromatic rings. The second-order valence-corrected chi connectivity index (χ2v) is 6.25. The standard InChI is InChI=1S/C21H22N4O2/c1-14-19(15-8-10-17(11-9-15)23-21(26)27-2)12-18(25-24-14)13-20(22)16-6-4-3-5-7-16/h3-12,20H,13,22H2,1-2H3,(H,23,26). The first kappa shape index (κ1) is 18.5. The molecule has 0 saturated heterocycles. The van der Waals surface area contributed by atoms with Crippen LogP contribution in [0, 0.1) is 6.92 Å². The first-order valence-electron chi connectivity index (χ1n) is 8.66. The van der Waals surface area contributed by atoms with Gasteiger partial charge in [-0.2, -0.15) is 10.2 Å². The summed E-state index contributed by atoms with van der Waals surface area (Å²) in [6.07, 6.45) is 0.105. The first-order chi connectivity index (χ1) is 13.1. The highest BCUT2D eigenvalue weighted by Crippen LogP contribution is 2.25. The van der Waals surface area contributed by atoms with E-state index in [0.29, 0.717) is 12.1 Å². The Morgan fingerprint density at radius 1 is 1.11 bits per heavy atom. The molecule has 0 aliphatic rings. The van der Waals surface area contributed by atoms with Crippen LogP contribution in [0.4, 0.5) is 10.5 Å². The van der Waals surface area contributed by atoms with Crippen molar-refractivity contribution < 1.29 is 9.53 Å². The predicted molar refractivity (Wildman–Crippen MR) is 105 cm³/mol. The van der Waals surface area contributed by atoms with Gasteiger partial charge in [0, 0.05) is 23.7 Å². The number of nitrogens with one attached hydrogen (secondary N) is 1. The summed E-state index contributed by atoms with van der Waals surface area (Å²) in [6, 6.07) is 19.3. The number of nitrogens with two attached hydrogens (primary N) is 1. The van der Waals surface area contributed by atoms with Crippen molar-refractivity contribution in [3.05, 3.63) is 77.6 Å². The molecule has 1 heterocycles. The fraction of sp³-hybridized carbons (Fsp3) is 0.190. The zero-order chi connectivity index (χ0) is 19.2. The van der Waals surface area contributed by atoms with Crippen LogP contribution in [0.5, 0.6) is 0 Å². The first-order valence-corrected chi connectivity index (χ1v) is 8.66. The SMILES string of the molecule is COC(=O)Nc1ccc(-c2cc(CC(N)c3ccccc3)nnc2C)cc1. The lowest BCUT2D eigenvalue weighted by atomic mass is 9.99. The highest BCUT2D eigenvalue weighted by molar-refractivity contribution is 5.85. The second kappa shape index (κ2) is 8.42. The van der Waals surface area contributed by atoms with Gasteiger partial charge >= 0.3 is 6.09 Å². The molecule has 1 atom stereocenters. The number of rotatable bonds is 5. The third-order valence-corrected chi connectivity index (χ3v) is 4.31. The van der Waals surface area contributed by atoms with Gasteiger partial charge in [-0.25, -0.2) is 4.79 Å². The van der Waals surface area contributed by atoms with E-state index in [1.807, 2.05) is 67.6 Å². The maximum absolute atomic E-state index is 11.3. The van der Waals surface area contributed by atoms with Crippen LogP contribution < -0.4 is 11.1 Å². The van der Waals surface area contributed by atoms with E-state index in [1.165, 1.54) is 7.11 Å². The molecule has 0 saturated carbocycles. The quantitative estimate of drug-likeness (QED) is 0.719. The molecule has 6 nitrogen and oxygen atoms in total. The summed E-state index contributed by atoms with van der Waals surface area (Å²) < 4.78 is 4.60. The number of nitrogens with zero attached hydrogens (tertiary/aromatic N) is 2. The molecule has 0 aliphatic carbocycles. The zero-order valence-corrected chi connectivity index (χ0v) is 15.3.